The minimum atomic E-state index is -1.06. The molecule has 3 aromatic rings. The third-order valence-corrected chi connectivity index (χ3v) is 4.61. The van der Waals surface area contributed by atoms with Crippen LogP contribution in [-0.4, -0.2) is 51.7 Å². The molecule has 7 nitrogen and oxygen atoms in total. The smallest absolute Gasteiger partial charge is 0.159 e. The number of aryl methyl sites for hydroxylation is 1. The molecule has 0 amide bonds. The van der Waals surface area contributed by atoms with Crippen molar-refractivity contribution in [1.29, 1.82) is 0 Å². The molecular formula is C20H23ClN4O3. The number of aliphatic hydroxyl groups is 1. The number of nitrogens with zero attached hydrogens (tertiary/aromatic N) is 4. The number of aromatic nitrogens is 4. The van der Waals surface area contributed by atoms with E-state index in [0.29, 0.717) is 16.5 Å². The molecule has 0 aliphatic carbocycles. The van der Waals surface area contributed by atoms with Gasteiger partial charge in [0.15, 0.2) is 5.82 Å². The first-order valence-corrected chi connectivity index (χ1v) is 9.37. The molecule has 0 spiro atoms. The molecule has 0 radical (unpaired) electrons. The Morgan fingerprint density at radius 3 is 2.11 bits per heavy atom. The highest BCUT2D eigenvalue weighted by molar-refractivity contribution is 6.35. The molecule has 2 aromatic heterocycles. The van der Waals surface area contributed by atoms with Crippen LogP contribution >= 0.6 is 11.6 Å². The fourth-order valence-corrected chi connectivity index (χ4v) is 2.77. The van der Waals surface area contributed by atoms with Crippen molar-refractivity contribution in [3.05, 3.63) is 47.1 Å². The number of hydrogen-bond donors (Lipinski definition) is 1. The molecule has 148 valence electrons. The zero-order valence-electron chi connectivity index (χ0n) is 16.1. The van der Waals surface area contributed by atoms with E-state index >= 15 is 0 Å². The fraction of sp³-hybridized carbons (Fsp3) is 0.400. The summed E-state index contributed by atoms with van der Waals surface area (Å²) >= 11 is 6.30. The van der Waals surface area contributed by atoms with Crippen LogP contribution in [-0.2, 0) is 15.1 Å². The van der Waals surface area contributed by atoms with Crippen LogP contribution in [0.15, 0.2) is 30.6 Å². The van der Waals surface area contributed by atoms with Crippen molar-refractivity contribution in [3.63, 3.8) is 0 Å². The predicted octanol–water partition coefficient (Wildman–Crippen LogP) is 3.31. The highest BCUT2D eigenvalue weighted by Gasteiger charge is 2.19. The van der Waals surface area contributed by atoms with E-state index in [9.17, 15) is 5.11 Å². The number of hydrogen-bond acceptors (Lipinski definition) is 7. The van der Waals surface area contributed by atoms with E-state index in [1.165, 1.54) is 0 Å². The Labute approximate surface area is 168 Å². The standard InChI is InChI=1S/C16H15ClN4O.C4H8O2/c1-9-14(17)12-6-10(4-5-13(12)21-20-9)11-7-18-15(19-8-11)16(2,3)22;1-2-6-4-3-5-1/h4-8,22H,1-3H3;1-4H2. The van der Waals surface area contributed by atoms with Crippen LogP contribution in [0.5, 0.6) is 0 Å². The normalized spacial score (nSPS) is 14.5. The number of benzene rings is 1. The third kappa shape index (κ3) is 4.99. The van der Waals surface area contributed by atoms with Gasteiger partial charge in [-0.2, -0.15) is 10.2 Å². The van der Waals surface area contributed by atoms with Gasteiger partial charge in [0.1, 0.15) is 5.60 Å². The van der Waals surface area contributed by atoms with Crippen LogP contribution in [0.3, 0.4) is 0 Å². The lowest BCUT2D eigenvalue weighted by molar-refractivity contribution is -0.0334. The molecule has 1 aliphatic rings. The minimum absolute atomic E-state index is 0.386. The summed E-state index contributed by atoms with van der Waals surface area (Å²) in [6.07, 6.45) is 3.38. The minimum Gasteiger partial charge on any atom is -0.382 e. The van der Waals surface area contributed by atoms with Gasteiger partial charge in [-0.1, -0.05) is 17.7 Å². The fourth-order valence-electron chi connectivity index (χ4n) is 2.58. The van der Waals surface area contributed by atoms with Crippen molar-refractivity contribution in [1.82, 2.24) is 20.2 Å². The second kappa shape index (κ2) is 8.87. The number of rotatable bonds is 2. The summed E-state index contributed by atoms with van der Waals surface area (Å²) < 4.78 is 9.89. The molecule has 1 saturated heterocycles. The van der Waals surface area contributed by atoms with Gasteiger partial charge < -0.3 is 14.6 Å². The van der Waals surface area contributed by atoms with Gasteiger partial charge in [-0.15, -0.1) is 0 Å². The first kappa shape index (κ1) is 20.5. The third-order valence-electron chi connectivity index (χ3n) is 4.13. The Hall–Kier alpha value is -2.19. The lowest BCUT2D eigenvalue weighted by Gasteiger charge is -2.15. The van der Waals surface area contributed by atoms with Gasteiger partial charge in [-0.25, -0.2) is 9.97 Å². The van der Waals surface area contributed by atoms with Gasteiger partial charge in [-0.3, -0.25) is 0 Å². The van der Waals surface area contributed by atoms with Crippen LogP contribution in [0.4, 0.5) is 0 Å². The largest absolute Gasteiger partial charge is 0.382 e. The first-order chi connectivity index (χ1) is 13.4. The first-order valence-electron chi connectivity index (χ1n) is 8.99. The molecule has 8 heteroatoms. The number of fused-ring (bicyclic) bond motifs is 1. The average molecular weight is 403 g/mol. The summed E-state index contributed by atoms with van der Waals surface area (Å²) in [7, 11) is 0. The van der Waals surface area contributed by atoms with Crippen molar-refractivity contribution in [2.75, 3.05) is 26.4 Å². The van der Waals surface area contributed by atoms with E-state index in [1.54, 1.807) is 26.2 Å². The van der Waals surface area contributed by atoms with Crippen molar-refractivity contribution in [2.45, 2.75) is 26.4 Å². The quantitative estimate of drug-likeness (QED) is 0.703. The Kier molecular flexibility index (Phi) is 6.51. The number of halogens is 1. The molecule has 3 heterocycles. The van der Waals surface area contributed by atoms with Crippen LogP contribution < -0.4 is 0 Å². The Morgan fingerprint density at radius 2 is 1.57 bits per heavy atom. The maximum Gasteiger partial charge on any atom is 0.159 e. The second-order valence-electron chi connectivity index (χ2n) is 6.91. The van der Waals surface area contributed by atoms with Crippen molar-refractivity contribution in [3.8, 4) is 11.1 Å². The molecule has 1 aliphatic heterocycles. The molecular weight excluding hydrogens is 380 g/mol. The zero-order valence-corrected chi connectivity index (χ0v) is 16.9. The van der Waals surface area contributed by atoms with E-state index in [4.69, 9.17) is 21.1 Å². The summed E-state index contributed by atoms with van der Waals surface area (Å²) in [5, 5.41) is 19.5. The maximum absolute atomic E-state index is 9.90. The molecule has 1 fully saturated rings. The monoisotopic (exact) mass is 402 g/mol. The van der Waals surface area contributed by atoms with Gasteiger partial charge in [0.05, 0.1) is 42.7 Å². The second-order valence-corrected chi connectivity index (χ2v) is 7.29. The van der Waals surface area contributed by atoms with E-state index < -0.39 is 5.60 Å². The van der Waals surface area contributed by atoms with Crippen LogP contribution in [0.1, 0.15) is 25.4 Å². The zero-order chi connectivity index (χ0) is 20.1. The summed E-state index contributed by atoms with van der Waals surface area (Å²) in [5.41, 5.74) is 2.16. The van der Waals surface area contributed by atoms with Crippen LogP contribution in [0, 0.1) is 6.92 Å². The summed E-state index contributed by atoms with van der Waals surface area (Å²) in [5.74, 6) is 0.386. The summed E-state index contributed by atoms with van der Waals surface area (Å²) in [6.45, 7) is 8.24. The van der Waals surface area contributed by atoms with E-state index in [1.807, 2.05) is 25.1 Å². The van der Waals surface area contributed by atoms with E-state index in [2.05, 4.69) is 20.2 Å². The van der Waals surface area contributed by atoms with Gasteiger partial charge in [0, 0.05) is 23.3 Å². The average Bonchev–Trinajstić information content (AvgIpc) is 2.72. The van der Waals surface area contributed by atoms with Crippen molar-refractivity contribution < 1.29 is 14.6 Å². The van der Waals surface area contributed by atoms with Crippen LogP contribution in [0.25, 0.3) is 22.0 Å². The van der Waals surface area contributed by atoms with E-state index in [-0.39, 0.29) is 0 Å². The van der Waals surface area contributed by atoms with Crippen molar-refractivity contribution >= 4 is 22.5 Å². The van der Waals surface area contributed by atoms with Gasteiger partial charge in [0.25, 0.3) is 0 Å². The van der Waals surface area contributed by atoms with Crippen molar-refractivity contribution in [2.24, 2.45) is 0 Å². The van der Waals surface area contributed by atoms with Gasteiger partial charge >= 0.3 is 0 Å². The highest BCUT2D eigenvalue weighted by Crippen LogP contribution is 2.29. The lowest BCUT2D eigenvalue weighted by atomic mass is 10.1. The van der Waals surface area contributed by atoms with Gasteiger partial charge in [-0.05, 0) is 38.5 Å². The predicted molar refractivity (Wildman–Crippen MR) is 107 cm³/mol. The molecule has 1 N–H and O–H groups in total. The Balaban J connectivity index is 0.000000320. The van der Waals surface area contributed by atoms with Gasteiger partial charge in [0.2, 0.25) is 0 Å². The topological polar surface area (TPSA) is 90.2 Å². The number of ether oxygens (including phenoxy) is 2. The van der Waals surface area contributed by atoms with E-state index in [0.717, 1.165) is 48.5 Å². The molecule has 4 rings (SSSR count). The molecule has 0 saturated carbocycles. The Bertz CT molecular complexity index is 927. The lowest BCUT2D eigenvalue weighted by Crippen LogP contribution is -2.19. The molecule has 0 unspecified atom stereocenters. The summed E-state index contributed by atoms with van der Waals surface area (Å²) in [4.78, 5) is 8.45. The molecule has 1 aromatic carbocycles. The SMILES string of the molecule is C1COCCO1.Cc1nnc2ccc(-c3cnc(C(C)(C)O)nc3)cc2c1Cl. The highest BCUT2D eigenvalue weighted by atomic mass is 35.5. The maximum atomic E-state index is 9.90. The van der Waals surface area contributed by atoms with Crippen LogP contribution in [0.2, 0.25) is 5.02 Å². The molecule has 0 atom stereocenters. The Morgan fingerprint density at radius 1 is 0.964 bits per heavy atom. The molecule has 28 heavy (non-hydrogen) atoms. The summed E-state index contributed by atoms with van der Waals surface area (Å²) in [6, 6.07) is 5.74. The molecule has 0 bridgehead atoms.